The molecule has 6 nitrogen and oxygen atoms in total. The second-order valence-electron chi connectivity index (χ2n) is 7.75. The van der Waals surface area contributed by atoms with Crippen molar-refractivity contribution >= 4 is 15.9 Å². The first-order chi connectivity index (χ1) is 12.4. The van der Waals surface area contributed by atoms with E-state index < -0.39 is 9.84 Å². The van der Waals surface area contributed by atoms with Crippen LogP contribution in [-0.4, -0.2) is 82.7 Å². The third-order valence-electron chi connectivity index (χ3n) is 5.82. The molecule has 3 heterocycles. The van der Waals surface area contributed by atoms with Gasteiger partial charge >= 0.3 is 0 Å². The summed E-state index contributed by atoms with van der Waals surface area (Å²) in [7, 11) is 2.61. The van der Waals surface area contributed by atoms with Gasteiger partial charge in [0.05, 0.1) is 18.1 Å². The molecule has 0 aromatic heterocycles. The van der Waals surface area contributed by atoms with Gasteiger partial charge in [-0.25, -0.2) is 8.42 Å². The molecule has 0 spiro atoms. The number of hydrogen-bond acceptors (Lipinski definition) is 6. The van der Waals surface area contributed by atoms with Gasteiger partial charge in [-0.1, -0.05) is 0 Å². The van der Waals surface area contributed by atoms with Crippen LogP contribution in [0.15, 0.2) is 23.8 Å². The SMILES string of the molecule is COc1ccc2c(c1)C=C(CN1C[C@H]3[C@H](N(C)C)CS(=O)(=O)[C@H]3C1)CO2. The zero-order valence-electron chi connectivity index (χ0n) is 15.5. The smallest absolute Gasteiger partial charge is 0.156 e. The van der Waals surface area contributed by atoms with Gasteiger partial charge < -0.3 is 14.4 Å². The average molecular weight is 378 g/mol. The van der Waals surface area contributed by atoms with Crippen LogP contribution in [0, 0.1) is 5.92 Å². The van der Waals surface area contributed by atoms with Crippen molar-refractivity contribution < 1.29 is 17.9 Å². The first-order valence-electron chi connectivity index (χ1n) is 8.98. The minimum absolute atomic E-state index is 0.122. The molecule has 2 saturated heterocycles. The maximum atomic E-state index is 12.5. The van der Waals surface area contributed by atoms with Crippen LogP contribution in [0.4, 0.5) is 0 Å². The maximum Gasteiger partial charge on any atom is 0.156 e. The van der Waals surface area contributed by atoms with E-state index in [9.17, 15) is 8.42 Å². The first kappa shape index (κ1) is 17.8. The van der Waals surface area contributed by atoms with Crippen molar-refractivity contribution in [2.75, 3.05) is 53.2 Å². The van der Waals surface area contributed by atoms with Crippen molar-refractivity contribution in [3.05, 3.63) is 29.3 Å². The van der Waals surface area contributed by atoms with Crippen LogP contribution in [0.1, 0.15) is 5.56 Å². The minimum atomic E-state index is -3.00. The van der Waals surface area contributed by atoms with E-state index >= 15 is 0 Å². The van der Waals surface area contributed by atoms with Crippen molar-refractivity contribution in [2.45, 2.75) is 11.3 Å². The Morgan fingerprint density at radius 3 is 2.85 bits per heavy atom. The van der Waals surface area contributed by atoms with E-state index in [2.05, 4.69) is 15.9 Å². The summed E-state index contributed by atoms with van der Waals surface area (Å²) in [5.74, 6) is 2.17. The molecule has 4 rings (SSSR count). The van der Waals surface area contributed by atoms with Gasteiger partial charge in [-0.15, -0.1) is 0 Å². The molecule has 3 atom stereocenters. The fourth-order valence-electron chi connectivity index (χ4n) is 4.48. The Hall–Kier alpha value is -1.57. The zero-order valence-corrected chi connectivity index (χ0v) is 16.3. The Morgan fingerprint density at radius 1 is 1.31 bits per heavy atom. The Kier molecular flexibility index (Phi) is 4.49. The Morgan fingerprint density at radius 2 is 2.12 bits per heavy atom. The number of fused-ring (bicyclic) bond motifs is 2. The average Bonchev–Trinajstić information content (AvgIpc) is 3.12. The van der Waals surface area contributed by atoms with Gasteiger partial charge in [-0.2, -0.15) is 0 Å². The summed E-state index contributed by atoms with van der Waals surface area (Å²) in [5, 5.41) is -0.229. The first-order valence-corrected chi connectivity index (χ1v) is 10.7. The molecule has 3 aliphatic rings. The van der Waals surface area contributed by atoms with E-state index in [1.807, 2.05) is 32.3 Å². The van der Waals surface area contributed by atoms with Crippen LogP contribution in [-0.2, 0) is 9.84 Å². The maximum absolute atomic E-state index is 12.5. The second kappa shape index (κ2) is 6.55. The van der Waals surface area contributed by atoms with Crippen molar-refractivity contribution in [1.82, 2.24) is 9.80 Å². The predicted molar refractivity (Wildman–Crippen MR) is 101 cm³/mol. The molecule has 3 aliphatic heterocycles. The third kappa shape index (κ3) is 3.12. The van der Waals surface area contributed by atoms with Gasteiger partial charge in [0, 0.05) is 37.2 Å². The molecule has 0 bridgehead atoms. The number of benzene rings is 1. The summed E-state index contributed by atoms with van der Waals surface area (Å²) in [6.07, 6.45) is 2.15. The quantitative estimate of drug-likeness (QED) is 0.783. The summed E-state index contributed by atoms with van der Waals surface area (Å²) in [4.78, 5) is 4.33. The molecule has 7 heteroatoms. The van der Waals surface area contributed by atoms with Crippen LogP contribution in [0.3, 0.4) is 0 Å². The molecular weight excluding hydrogens is 352 g/mol. The Labute approximate surface area is 155 Å². The van der Waals surface area contributed by atoms with Crippen LogP contribution < -0.4 is 9.47 Å². The standard InChI is InChI=1S/C19H26N2O4S/c1-20(2)17-12-26(22,23)19-10-21(9-16(17)19)8-13-6-14-7-15(24-3)4-5-18(14)25-11-13/h4-7,16-17,19H,8-12H2,1-3H3/t16-,17+,19-/m0/s1. The summed E-state index contributed by atoms with van der Waals surface area (Å²) >= 11 is 0. The third-order valence-corrected chi connectivity index (χ3v) is 8.05. The normalized spacial score (nSPS) is 29.8. The fourth-order valence-corrected chi connectivity index (χ4v) is 6.99. The Balaban J connectivity index is 1.50. The van der Waals surface area contributed by atoms with Crippen molar-refractivity contribution in [3.63, 3.8) is 0 Å². The molecule has 0 amide bonds. The highest BCUT2D eigenvalue weighted by Crippen LogP contribution is 2.37. The lowest BCUT2D eigenvalue weighted by Gasteiger charge is -2.26. The van der Waals surface area contributed by atoms with Crippen LogP contribution in [0.25, 0.3) is 6.08 Å². The number of nitrogens with zero attached hydrogens (tertiary/aromatic N) is 2. The molecule has 0 N–H and O–H groups in total. The molecule has 1 aromatic rings. The highest BCUT2D eigenvalue weighted by atomic mass is 32.2. The minimum Gasteiger partial charge on any atom is -0.497 e. The number of hydrogen-bond donors (Lipinski definition) is 0. The number of ether oxygens (including phenoxy) is 2. The molecule has 2 fully saturated rings. The summed E-state index contributed by atoms with van der Waals surface area (Å²) in [6, 6.07) is 5.91. The summed E-state index contributed by atoms with van der Waals surface area (Å²) < 4.78 is 36.2. The number of sulfone groups is 1. The molecular formula is C19H26N2O4S. The van der Waals surface area contributed by atoms with E-state index in [0.29, 0.717) is 18.9 Å². The van der Waals surface area contributed by atoms with Gasteiger partial charge in [0.15, 0.2) is 9.84 Å². The van der Waals surface area contributed by atoms with Crippen molar-refractivity contribution in [1.29, 1.82) is 0 Å². The van der Waals surface area contributed by atoms with E-state index in [0.717, 1.165) is 30.2 Å². The van der Waals surface area contributed by atoms with Crippen LogP contribution in [0.2, 0.25) is 0 Å². The molecule has 26 heavy (non-hydrogen) atoms. The Bertz CT molecular complexity index is 834. The summed E-state index contributed by atoms with van der Waals surface area (Å²) in [6.45, 7) is 2.75. The lowest BCUT2D eigenvalue weighted by Crippen LogP contribution is -2.38. The zero-order chi connectivity index (χ0) is 18.5. The number of methoxy groups -OCH3 is 1. The lowest BCUT2D eigenvalue weighted by atomic mass is 10.00. The second-order valence-corrected chi connectivity index (χ2v) is 10.0. The number of rotatable bonds is 4. The van der Waals surface area contributed by atoms with Gasteiger partial charge in [-0.05, 0) is 43.9 Å². The van der Waals surface area contributed by atoms with Crippen molar-refractivity contribution in [3.8, 4) is 11.5 Å². The predicted octanol–water partition coefficient (Wildman–Crippen LogP) is 1.13. The van der Waals surface area contributed by atoms with E-state index in [-0.39, 0.29) is 17.2 Å². The highest BCUT2D eigenvalue weighted by Gasteiger charge is 2.52. The summed E-state index contributed by atoms with van der Waals surface area (Å²) in [5.41, 5.74) is 2.19. The fraction of sp³-hybridized carbons (Fsp3) is 0.579. The van der Waals surface area contributed by atoms with Gasteiger partial charge in [0.2, 0.25) is 0 Å². The van der Waals surface area contributed by atoms with E-state index in [1.165, 1.54) is 5.57 Å². The van der Waals surface area contributed by atoms with Crippen molar-refractivity contribution in [2.24, 2.45) is 5.92 Å². The lowest BCUT2D eigenvalue weighted by molar-refractivity contribution is 0.233. The van der Waals surface area contributed by atoms with E-state index in [4.69, 9.17) is 9.47 Å². The molecule has 142 valence electrons. The molecule has 0 unspecified atom stereocenters. The number of likely N-dealkylation sites (tertiary alicyclic amines) is 1. The van der Waals surface area contributed by atoms with Crippen LogP contribution in [0.5, 0.6) is 11.5 Å². The highest BCUT2D eigenvalue weighted by molar-refractivity contribution is 7.92. The monoisotopic (exact) mass is 378 g/mol. The largest absolute Gasteiger partial charge is 0.497 e. The van der Waals surface area contributed by atoms with E-state index in [1.54, 1.807) is 7.11 Å². The van der Waals surface area contributed by atoms with Gasteiger partial charge in [-0.3, -0.25) is 4.90 Å². The van der Waals surface area contributed by atoms with Gasteiger partial charge in [0.25, 0.3) is 0 Å². The molecule has 0 saturated carbocycles. The topological polar surface area (TPSA) is 59.1 Å². The molecule has 1 aromatic carbocycles. The van der Waals surface area contributed by atoms with Gasteiger partial charge in [0.1, 0.15) is 18.1 Å². The van der Waals surface area contributed by atoms with Crippen LogP contribution >= 0.6 is 0 Å². The molecule has 0 radical (unpaired) electrons. The molecule has 0 aliphatic carbocycles.